The highest BCUT2D eigenvalue weighted by Crippen LogP contribution is 2.22. The van der Waals surface area contributed by atoms with Gasteiger partial charge in [-0.3, -0.25) is 0 Å². The molecule has 0 aromatic carbocycles. The Morgan fingerprint density at radius 3 is 3.15 bits per heavy atom. The molecule has 1 N–H and O–H groups in total. The topological polar surface area (TPSA) is 29.9 Å². The zero-order valence-corrected chi connectivity index (χ0v) is 8.30. The van der Waals surface area contributed by atoms with Crippen LogP contribution in [0.2, 0.25) is 5.28 Å². The summed E-state index contributed by atoms with van der Waals surface area (Å²) in [5, 5.41) is 4.00. The van der Waals surface area contributed by atoms with Crippen molar-refractivity contribution in [1.29, 1.82) is 0 Å². The van der Waals surface area contributed by atoms with Gasteiger partial charge in [-0.1, -0.05) is 0 Å². The molecule has 1 aliphatic heterocycles. The fraction of sp³-hybridized carbons (Fsp3) is 0.667. The molecule has 0 bridgehead atoms. The Morgan fingerprint density at radius 2 is 2.38 bits per heavy atom. The van der Waals surface area contributed by atoms with Gasteiger partial charge in [0.15, 0.2) is 0 Å². The number of hydrogen-bond donors (Lipinski definition) is 1. The van der Waals surface area contributed by atoms with E-state index in [2.05, 4.69) is 14.9 Å². The zero-order chi connectivity index (χ0) is 9.10. The van der Waals surface area contributed by atoms with Crippen molar-refractivity contribution in [2.24, 2.45) is 0 Å². The molecule has 0 amide bonds. The van der Waals surface area contributed by atoms with E-state index in [9.17, 15) is 0 Å². The van der Waals surface area contributed by atoms with Crippen LogP contribution in [0, 0.1) is 0 Å². The molecule has 1 aliphatic rings. The van der Waals surface area contributed by atoms with Crippen molar-refractivity contribution in [3.8, 4) is 0 Å². The molecular formula is C9H14ClN3. The van der Waals surface area contributed by atoms with E-state index in [1.807, 2.05) is 6.20 Å². The second-order valence-corrected chi connectivity index (χ2v) is 3.78. The number of nitrogens with one attached hydrogen (secondary N) is 1. The third-order valence-corrected chi connectivity index (χ3v) is 2.85. The van der Waals surface area contributed by atoms with Crippen molar-refractivity contribution < 1.29 is 0 Å². The maximum Gasteiger partial charge on any atom is 0.202 e. The third kappa shape index (κ3) is 2.03. The first kappa shape index (κ1) is 9.03. The molecule has 2 heterocycles. The molecule has 2 rings (SSSR count). The van der Waals surface area contributed by atoms with Crippen LogP contribution in [0.5, 0.6) is 0 Å². The number of rotatable bonds is 1. The lowest BCUT2D eigenvalue weighted by molar-refractivity contribution is 0.454. The lowest BCUT2D eigenvalue weighted by Crippen LogP contribution is -2.15. The van der Waals surface area contributed by atoms with Crippen molar-refractivity contribution in [1.82, 2.24) is 14.9 Å². The minimum absolute atomic E-state index is 0.532. The van der Waals surface area contributed by atoms with Gasteiger partial charge in [0.2, 0.25) is 5.28 Å². The summed E-state index contributed by atoms with van der Waals surface area (Å²) in [5.41, 5.74) is 0. The fourth-order valence-electron chi connectivity index (χ4n) is 1.85. The van der Waals surface area contributed by atoms with Gasteiger partial charge in [0.1, 0.15) is 0 Å². The van der Waals surface area contributed by atoms with Crippen LogP contribution < -0.4 is 5.32 Å². The van der Waals surface area contributed by atoms with Crippen LogP contribution in [0.25, 0.3) is 0 Å². The van der Waals surface area contributed by atoms with E-state index in [-0.39, 0.29) is 0 Å². The summed E-state index contributed by atoms with van der Waals surface area (Å²) in [6, 6.07) is 0.532. The number of imidazole rings is 1. The van der Waals surface area contributed by atoms with E-state index < -0.39 is 0 Å². The molecule has 0 spiro atoms. The first-order valence-corrected chi connectivity index (χ1v) is 5.15. The molecule has 0 aliphatic carbocycles. The van der Waals surface area contributed by atoms with Gasteiger partial charge in [-0.05, 0) is 44.0 Å². The molecule has 1 aromatic heterocycles. The molecule has 0 saturated carbocycles. The minimum Gasteiger partial charge on any atom is -0.319 e. The van der Waals surface area contributed by atoms with Gasteiger partial charge in [-0.15, -0.1) is 0 Å². The molecule has 1 aromatic rings. The Morgan fingerprint density at radius 1 is 1.46 bits per heavy atom. The molecule has 72 valence electrons. The second kappa shape index (κ2) is 4.11. The van der Waals surface area contributed by atoms with Gasteiger partial charge in [0, 0.05) is 18.4 Å². The number of nitrogens with zero attached hydrogens (tertiary/aromatic N) is 2. The van der Waals surface area contributed by atoms with Crippen molar-refractivity contribution in [2.75, 3.05) is 13.1 Å². The number of halogens is 1. The second-order valence-electron chi connectivity index (χ2n) is 3.44. The Bertz CT molecular complexity index is 264. The predicted molar refractivity (Wildman–Crippen MR) is 53.0 cm³/mol. The SMILES string of the molecule is Clc1nccn1C1CCCNCC1. The lowest BCUT2D eigenvalue weighted by Gasteiger charge is -2.15. The molecule has 1 unspecified atom stereocenters. The molecular weight excluding hydrogens is 186 g/mol. The van der Waals surface area contributed by atoms with Gasteiger partial charge in [-0.2, -0.15) is 0 Å². The van der Waals surface area contributed by atoms with Crippen LogP contribution in [0.15, 0.2) is 12.4 Å². The summed E-state index contributed by atoms with van der Waals surface area (Å²) in [4.78, 5) is 4.03. The van der Waals surface area contributed by atoms with Crippen molar-refractivity contribution >= 4 is 11.6 Å². The fourth-order valence-corrected chi connectivity index (χ4v) is 2.10. The Labute approximate surface area is 83.1 Å². The highest BCUT2D eigenvalue weighted by atomic mass is 35.5. The van der Waals surface area contributed by atoms with Crippen molar-refractivity contribution in [3.63, 3.8) is 0 Å². The van der Waals surface area contributed by atoms with E-state index in [0.29, 0.717) is 11.3 Å². The Kier molecular flexibility index (Phi) is 2.86. The average Bonchev–Trinajstić information content (AvgIpc) is 2.43. The Hall–Kier alpha value is -0.540. The molecule has 0 radical (unpaired) electrons. The smallest absolute Gasteiger partial charge is 0.202 e. The van der Waals surface area contributed by atoms with Crippen LogP contribution in [-0.2, 0) is 0 Å². The molecule has 3 nitrogen and oxygen atoms in total. The largest absolute Gasteiger partial charge is 0.319 e. The van der Waals surface area contributed by atoms with E-state index in [1.165, 1.54) is 12.8 Å². The number of hydrogen-bond acceptors (Lipinski definition) is 2. The molecule has 1 atom stereocenters. The quantitative estimate of drug-likeness (QED) is 0.748. The first-order valence-electron chi connectivity index (χ1n) is 4.77. The van der Waals surface area contributed by atoms with Gasteiger partial charge < -0.3 is 9.88 Å². The lowest BCUT2D eigenvalue weighted by atomic mass is 10.1. The van der Waals surface area contributed by atoms with Gasteiger partial charge in [0.05, 0.1) is 0 Å². The van der Waals surface area contributed by atoms with Crippen LogP contribution >= 0.6 is 11.6 Å². The summed E-state index contributed by atoms with van der Waals surface area (Å²) in [7, 11) is 0. The molecule has 4 heteroatoms. The van der Waals surface area contributed by atoms with E-state index in [4.69, 9.17) is 11.6 Å². The molecule has 13 heavy (non-hydrogen) atoms. The van der Waals surface area contributed by atoms with Crippen LogP contribution in [-0.4, -0.2) is 22.6 Å². The van der Waals surface area contributed by atoms with Gasteiger partial charge >= 0.3 is 0 Å². The van der Waals surface area contributed by atoms with Crippen molar-refractivity contribution in [2.45, 2.75) is 25.3 Å². The average molecular weight is 200 g/mol. The van der Waals surface area contributed by atoms with Gasteiger partial charge in [0.25, 0.3) is 0 Å². The van der Waals surface area contributed by atoms with Crippen LogP contribution in [0.4, 0.5) is 0 Å². The molecule has 1 saturated heterocycles. The minimum atomic E-state index is 0.532. The summed E-state index contributed by atoms with van der Waals surface area (Å²) >= 11 is 5.96. The van der Waals surface area contributed by atoms with E-state index in [0.717, 1.165) is 19.5 Å². The summed E-state index contributed by atoms with van der Waals surface area (Å²) in [6.07, 6.45) is 7.30. The highest BCUT2D eigenvalue weighted by Gasteiger charge is 2.15. The summed E-state index contributed by atoms with van der Waals surface area (Å²) < 4.78 is 2.08. The predicted octanol–water partition coefficient (Wildman–Crippen LogP) is 1.85. The van der Waals surface area contributed by atoms with Crippen LogP contribution in [0.1, 0.15) is 25.3 Å². The monoisotopic (exact) mass is 199 g/mol. The first-order chi connectivity index (χ1) is 6.38. The standard InChI is InChI=1S/C9H14ClN3/c10-9-12-6-7-13(9)8-2-1-4-11-5-3-8/h6-8,11H,1-5H2. The van der Waals surface area contributed by atoms with Crippen LogP contribution in [0.3, 0.4) is 0 Å². The Balaban J connectivity index is 2.10. The van der Waals surface area contributed by atoms with E-state index in [1.54, 1.807) is 6.20 Å². The maximum atomic E-state index is 5.96. The summed E-state index contributed by atoms with van der Waals surface area (Å²) in [5.74, 6) is 0. The van der Waals surface area contributed by atoms with Gasteiger partial charge in [-0.25, -0.2) is 4.98 Å². The zero-order valence-electron chi connectivity index (χ0n) is 7.54. The normalized spacial score (nSPS) is 24.2. The number of aromatic nitrogens is 2. The van der Waals surface area contributed by atoms with Crippen molar-refractivity contribution in [3.05, 3.63) is 17.7 Å². The molecule has 1 fully saturated rings. The third-order valence-electron chi connectivity index (χ3n) is 2.56. The maximum absolute atomic E-state index is 5.96. The summed E-state index contributed by atoms with van der Waals surface area (Å²) in [6.45, 7) is 2.21. The van der Waals surface area contributed by atoms with E-state index >= 15 is 0 Å². The highest BCUT2D eigenvalue weighted by molar-refractivity contribution is 6.28.